The lowest BCUT2D eigenvalue weighted by atomic mass is 10.1. The van der Waals surface area contributed by atoms with Crippen LogP contribution in [-0.4, -0.2) is 71.0 Å². The Balaban J connectivity index is 1.90. The minimum atomic E-state index is -4.22. The van der Waals surface area contributed by atoms with Crippen molar-refractivity contribution < 1.29 is 17.9 Å². The van der Waals surface area contributed by atoms with Crippen molar-refractivity contribution in [2.24, 2.45) is 0 Å². The third-order valence-electron chi connectivity index (χ3n) is 4.40. The summed E-state index contributed by atoms with van der Waals surface area (Å²) in [6.45, 7) is 8.55. The molecular formula is C16H27F3N4O. The molecule has 0 spiro atoms. The number of halogens is 3. The molecule has 1 fully saturated rings. The molecule has 1 aliphatic rings. The summed E-state index contributed by atoms with van der Waals surface area (Å²) >= 11 is 0. The number of hydrogen-bond donors (Lipinski definition) is 0. The van der Waals surface area contributed by atoms with Gasteiger partial charge in [0.2, 0.25) is 0 Å². The van der Waals surface area contributed by atoms with Crippen LogP contribution in [0.3, 0.4) is 0 Å². The first kappa shape index (κ1) is 19.2. The summed E-state index contributed by atoms with van der Waals surface area (Å²) in [6.07, 6.45) is -0.367. The summed E-state index contributed by atoms with van der Waals surface area (Å²) in [5.74, 6) is 0.477. The number of rotatable bonds is 8. The molecule has 2 heterocycles. The summed E-state index contributed by atoms with van der Waals surface area (Å²) in [7, 11) is 0. The molecule has 1 aromatic heterocycles. The minimum Gasteiger partial charge on any atom is -0.380 e. The van der Waals surface area contributed by atoms with Crippen LogP contribution in [0.2, 0.25) is 0 Å². The number of nitrogens with zero attached hydrogens (tertiary/aromatic N) is 4. The number of alkyl halides is 3. The molecule has 0 aromatic carbocycles. The first-order chi connectivity index (χ1) is 11.4. The van der Waals surface area contributed by atoms with Crippen molar-refractivity contribution in [3.8, 4) is 0 Å². The van der Waals surface area contributed by atoms with Gasteiger partial charge in [-0.15, -0.1) is 0 Å². The molecule has 0 amide bonds. The van der Waals surface area contributed by atoms with Gasteiger partial charge < -0.3 is 9.30 Å². The maximum Gasteiger partial charge on any atom is 0.406 e. The zero-order valence-corrected chi connectivity index (χ0v) is 14.4. The zero-order valence-electron chi connectivity index (χ0n) is 14.4. The summed E-state index contributed by atoms with van der Waals surface area (Å²) in [5, 5.41) is 0. The van der Waals surface area contributed by atoms with E-state index in [0.717, 1.165) is 45.8 Å². The number of hydrogen-bond acceptors (Lipinski definition) is 4. The number of aromatic nitrogens is 2. The summed E-state index contributed by atoms with van der Waals surface area (Å²) < 4.78 is 44.5. The smallest absolute Gasteiger partial charge is 0.380 e. The van der Waals surface area contributed by atoms with Crippen molar-refractivity contribution in [2.75, 3.05) is 39.4 Å². The Morgan fingerprint density at radius 2 is 2.08 bits per heavy atom. The second-order valence-corrected chi connectivity index (χ2v) is 6.12. The first-order valence-corrected chi connectivity index (χ1v) is 8.53. The highest BCUT2D eigenvalue weighted by atomic mass is 19.4. The van der Waals surface area contributed by atoms with Gasteiger partial charge in [0.1, 0.15) is 12.4 Å². The molecule has 0 bridgehead atoms. The van der Waals surface area contributed by atoms with Gasteiger partial charge in [-0.05, 0) is 13.3 Å². The lowest BCUT2D eigenvalue weighted by Crippen LogP contribution is -2.53. The van der Waals surface area contributed by atoms with Crippen molar-refractivity contribution >= 4 is 0 Å². The summed E-state index contributed by atoms with van der Waals surface area (Å²) in [5.41, 5.74) is 0. The third kappa shape index (κ3) is 5.75. The van der Waals surface area contributed by atoms with E-state index in [4.69, 9.17) is 4.74 Å². The van der Waals surface area contributed by atoms with Gasteiger partial charge in [-0.3, -0.25) is 9.80 Å². The van der Waals surface area contributed by atoms with Crippen molar-refractivity contribution in [3.05, 3.63) is 18.2 Å². The predicted octanol–water partition coefficient (Wildman–Crippen LogP) is 2.38. The molecule has 24 heavy (non-hydrogen) atoms. The van der Waals surface area contributed by atoms with Crippen molar-refractivity contribution in [2.45, 2.75) is 45.6 Å². The highest BCUT2D eigenvalue weighted by molar-refractivity contribution is 4.94. The van der Waals surface area contributed by atoms with Crippen molar-refractivity contribution in [1.82, 2.24) is 19.4 Å². The van der Waals surface area contributed by atoms with Crippen LogP contribution in [0.4, 0.5) is 13.2 Å². The Hall–Kier alpha value is -1.12. The van der Waals surface area contributed by atoms with E-state index in [2.05, 4.69) is 21.7 Å². The summed E-state index contributed by atoms with van der Waals surface area (Å²) in [6, 6.07) is 0.408. The van der Waals surface area contributed by atoms with Crippen molar-refractivity contribution in [1.29, 1.82) is 0 Å². The molecule has 0 N–H and O–H groups in total. The molecule has 1 aliphatic heterocycles. The maximum absolute atomic E-state index is 12.6. The van der Waals surface area contributed by atoms with Gasteiger partial charge in [-0.2, -0.15) is 13.2 Å². The lowest BCUT2D eigenvalue weighted by molar-refractivity contribution is -0.141. The van der Waals surface area contributed by atoms with Crippen LogP contribution in [0, 0.1) is 0 Å². The van der Waals surface area contributed by atoms with Gasteiger partial charge in [0.05, 0.1) is 13.2 Å². The second kappa shape index (κ2) is 8.82. The molecule has 2 rings (SSSR count). The van der Waals surface area contributed by atoms with E-state index in [1.54, 1.807) is 0 Å². The quantitative estimate of drug-likeness (QED) is 0.676. The van der Waals surface area contributed by atoms with Crippen LogP contribution in [0.25, 0.3) is 0 Å². The molecule has 1 saturated heterocycles. The SMILES string of the molecule is CCOCCN1CCN(Cc2nccn2CC(F)(F)F)C[C@H]1CC. The molecule has 0 saturated carbocycles. The largest absolute Gasteiger partial charge is 0.406 e. The fraction of sp³-hybridized carbons (Fsp3) is 0.812. The van der Waals surface area contributed by atoms with E-state index in [-0.39, 0.29) is 0 Å². The monoisotopic (exact) mass is 348 g/mol. The second-order valence-electron chi connectivity index (χ2n) is 6.12. The van der Waals surface area contributed by atoms with Gasteiger partial charge in [-0.1, -0.05) is 6.92 Å². The standard InChI is InChI=1S/C16H27F3N4O/c1-3-14-11-21(7-8-22(14)9-10-24-4-2)12-15-20-5-6-23(15)13-16(17,18)19/h5-6,14H,3-4,7-13H2,1-2H3/t14-/m1/s1. The summed E-state index contributed by atoms with van der Waals surface area (Å²) in [4.78, 5) is 8.72. The fourth-order valence-corrected chi connectivity index (χ4v) is 3.14. The molecule has 1 atom stereocenters. The Kier molecular flexibility index (Phi) is 7.06. The van der Waals surface area contributed by atoms with E-state index < -0.39 is 12.7 Å². The van der Waals surface area contributed by atoms with E-state index in [1.807, 2.05) is 6.92 Å². The molecular weight excluding hydrogens is 321 g/mol. The average Bonchev–Trinajstić information content (AvgIpc) is 2.93. The molecule has 0 aliphatic carbocycles. The number of ether oxygens (including phenoxy) is 1. The Bertz CT molecular complexity index is 492. The number of piperazine rings is 1. The highest BCUT2D eigenvalue weighted by Gasteiger charge is 2.30. The molecule has 8 heteroatoms. The van der Waals surface area contributed by atoms with Crippen LogP contribution in [0.15, 0.2) is 12.4 Å². The van der Waals surface area contributed by atoms with E-state index in [0.29, 0.717) is 18.4 Å². The minimum absolute atomic E-state index is 0.408. The van der Waals surface area contributed by atoms with Crippen LogP contribution in [0.1, 0.15) is 26.1 Å². The average molecular weight is 348 g/mol. The normalized spacial score (nSPS) is 20.6. The zero-order chi connectivity index (χ0) is 17.6. The van der Waals surface area contributed by atoms with Gasteiger partial charge in [0, 0.05) is 51.2 Å². The molecule has 1 aromatic rings. The maximum atomic E-state index is 12.6. The number of imidazole rings is 1. The molecule has 5 nitrogen and oxygen atoms in total. The van der Waals surface area contributed by atoms with E-state index in [1.165, 1.54) is 17.0 Å². The topological polar surface area (TPSA) is 33.5 Å². The molecule has 0 unspecified atom stereocenters. The van der Waals surface area contributed by atoms with Crippen LogP contribution in [0.5, 0.6) is 0 Å². The first-order valence-electron chi connectivity index (χ1n) is 8.53. The lowest BCUT2D eigenvalue weighted by Gasteiger charge is -2.41. The Morgan fingerprint density at radius 1 is 1.29 bits per heavy atom. The van der Waals surface area contributed by atoms with Crippen LogP contribution < -0.4 is 0 Å². The van der Waals surface area contributed by atoms with Gasteiger partial charge in [0.15, 0.2) is 0 Å². The Morgan fingerprint density at radius 3 is 2.75 bits per heavy atom. The fourth-order valence-electron chi connectivity index (χ4n) is 3.14. The molecule has 138 valence electrons. The van der Waals surface area contributed by atoms with E-state index >= 15 is 0 Å². The van der Waals surface area contributed by atoms with E-state index in [9.17, 15) is 13.2 Å². The molecule has 0 radical (unpaired) electrons. The van der Waals surface area contributed by atoms with Gasteiger partial charge in [-0.25, -0.2) is 4.98 Å². The van der Waals surface area contributed by atoms with Gasteiger partial charge in [0.25, 0.3) is 0 Å². The van der Waals surface area contributed by atoms with Crippen LogP contribution >= 0.6 is 0 Å². The predicted molar refractivity (Wildman–Crippen MR) is 85.7 cm³/mol. The van der Waals surface area contributed by atoms with Crippen molar-refractivity contribution in [3.63, 3.8) is 0 Å². The Labute approximate surface area is 141 Å². The highest BCUT2D eigenvalue weighted by Crippen LogP contribution is 2.20. The van der Waals surface area contributed by atoms with Gasteiger partial charge >= 0.3 is 6.18 Å². The third-order valence-corrected chi connectivity index (χ3v) is 4.40. The van der Waals surface area contributed by atoms with Crippen LogP contribution in [-0.2, 0) is 17.8 Å².